The summed E-state index contributed by atoms with van der Waals surface area (Å²) in [5, 5.41) is 4.70. The highest BCUT2D eigenvalue weighted by molar-refractivity contribution is 6.06. The summed E-state index contributed by atoms with van der Waals surface area (Å²) in [5.41, 5.74) is 0. The number of morpholine rings is 1. The van der Waals surface area contributed by atoms with Crippen LogP contribution in [0.5, 0.6) is 0 Å². The third kappa shape index (κ3) is 3.24. The summed E-state index contributed by atoms with van der Waals surface area (Å²) >= 11 is 0. The topological polar surface area (TPSA) is 87.7 Å². The molecule has 7 nitrogen and oxygen atoms in total. The van der Waals surface area contributed by atoms with Crippen LogP contribution >= 0.6 is 0 Å². The summed E-state index contributed by atoms with van der Waals surface area (Å²) in [4.78, 5) is 35.7. The molecule has 0 radical (unpaired) electrons. The highest BCUT2D eigenvalue weighted by Crippen LogP contribution is 2.02. The van der Waals surface area contributed by atoms with E-state index in [1.54, 1.807) is 0 Å². The fourth-order valence-corrected chi connectivity index (χ4v) is 1.87. The monoisotopic (exact) mass is 241 g/mol. The van der Waals surface area contributed by atoms with Gasteiger partial charge < -0.3 is 10.1 Å². The lowest BCUT2D eigenvalue weighted by atomic mass is 10.2. The van der Waals surface area contributed by atoms with Gasteiger partial charge >= 0.3 is 0 Å². The highest BCUT2D eigenvalue weighted by Gasteiger charge is 2.31. The lowest BCUT2D eigenvalue weighted by Gasteiger charge is -2.26. The number of carbonyl (C=O) groups excluding carboxylic acids is 3. The zero-order valence-corrected chi connectivity index (χ0v) is 9.40. The van der Waals surface area contributed by atoms with Gasteiger partial charge in [0.2, 0.25) is 17.7 Å². The fraction of sp³-hybridized carbons (Fsp3) is 0.700. The minimum Gasteiger partial charge on any atom is -0.379 e. The standard InChI is InChI=1S/C10H15N3O4/c14-8-5-7(10(16)12-8)11-9(15)6-13-1-3-17-4-2-13/h7H,1-6H2,(H,11,15)(H,12,14,16). The lowest BCUT2D eigenvalue weighted by molar-refractivity contribution is -0.129. The van der Waals surface area contributed by atoms with Gasteiger partial charge in [0.1, 0.15) is 6.04 Å². The third-order valence-electron chi connectivity index (χ3n) is 2.77. The number of nitrogens with one attached hydrogen (secondary N) is 2. The van der Waals surface area contributed by atoms with E-state index in [9.17, 15) is 14.4 Å². The van der Waals surface area contributed by atoms with E-state index in [2.05, 4.69) is 10.6 Å². The number of amides is 3. The Kier molecular flexibility index (Phi) is 3.70. The molecule has 0 aromatic carbocycles. The number of hydrogen-bond donors (Lipinski definition) is 2. The molecule has 17 heavy (non-hydrogen) atoms. The van der Waals surface area contributed by atoms with Gasteiger partial charge in [-0.3, -0.25) is 24.6 Å². The predicted octanol–water partition coefficient (Wildman–Crippen LogP) is -2.15. The zero-order valence-electron chi connectivity index (χ0n) is 9.40. The Labute approximate surface area is 98.5 Å². The van der Waals surface area contributed by atoms with Crippen molar-refractivity contribution < 1.29 is 19.1 Å². The van der Waals surface area contributed by atoms with Crippen LogP contribution in [0, 0.1) is 0 Å². The van der Waals surface area contributed by atoms with E-state index in [-0.39, 0.29) is 24.8 Å². The van der Waals surface area contributed by atoms with Gasteiger partial charge in [-0.15, -0.1) is 0 Å². The van der Waals surface area contributed by atoms with Gasteiger partial charge in [0.05, 0.1) is 26.2 Å². The second kappa shape index (κ2) is 5.24. The van der Waals surface area contributed by atoms with Crippen LogP contribution in [0.15, 0.2) is 0 Å². The molecule has 2 N–H and O–H groups in total. The summed E-state index contributed by atoms with van der Waals surface area (Å²) in [6.07, 6.45) is 0.0354. The molecule has 0 saturated carbocycles. The van der Waals surface area contributed by atoms with E-state index >= 15 is 0 Å². The Bertz CT molecular complexity index is 338. The molecular weight excluding hydrogens is 226 g/mol. The van der Waals surface area contributed by atoms with E-state index in [1.165, 1.54) is 0 Å². The molecule has 2 aliphatic rings. The number of ether oxygens (including phenoxy) is 1. The van der Waals surface area contributed by atoms with Gasteiger partial charge in [0.25, 0.3) is 0 Å². The van der Waals surface area contributed by atoms with Crippen molar-refractivity contribution in [1.29, 1.82) is 0 Å². The van der Waals surface area contributed by atoms with Crippen molar-refractivity contribution in [3.63, 3.8) is 0 Å². The summed E-state index contributed by atoms with van der Waals surface area (Å²) < 4.78 is 5.16. The van der Waals surface area contributed by atoms with Crippen LogP contribution in [-0.2, 0) is 19.1 Å². The normalized spacial score (nSPS) is 25.8. The molecule has 0 aromatic rings. The van der Waals surface area contributed by atoms with Gasteiger partial charge in [-0.25, -0.2) is 0 Å². The van der Waals surface area contributed by atoms with Crippen LogP contribution < -0.4 is 10.6 Å². The first kappa shape index (κ1) is 12.0. The van der Waals surface area contributed by atoms with Crippen molar-refractivity contribution in [2.24, 2.45) is 0 Å². The number of hydrogen-bond acceptors (Lipinski definition) is 5. The first-order valence-electron chi connectivity index (χ1n) is 5.58. The fourth-order valence-electron chi connectivity index (χ4n) is 1.87. The van der Waals surface area contributed by atoms with Crippen LogP contribution in [0.1, 0.15) is 6.42 Å². The first-order chi connectivity index (χ1) is 8.15. The summed E-state index contributed by atoms with van der Waals surface area (Å²) in [6.45, 7) is 2.90. The molecule has 0 spiro atoms. The van der Waals surface area contributed by atoms with Crippen LogP contribution in [-0.4, -0.2) is 61.5 Å². The Balaban J connectivity index is 1.76. The highest BCUT2D eigenvalue weighted by atomic mass is 16.5. The van der Waals surface area contributed by atoms with Gasteiger partial charge in [0, 0.05) is 13.1 Å². The van der Waals surface area contributed by atoms with Crippen LogP contribution in [0.3, 0.4) is 0 Å². The van der Waals surface area contributed by atoms with Crippen molar-refractivity contribution in [2.45, 2.75) is 12.5 Å². The number of nitrogens with zero attached hydrogens (tertiary/aromatic N) is 1. The predicted molar refractivity (Wildman–Crippen MR) is 57.0 cm³/mol. The molecule has 1 atom stereocenters. The minimum absolute atomic E-state index is 0.0354. The Morgan fingerprint density at radius 3 is 2.71 bits per heavy atom. The molecule has 2 rings (SSSR count). The molecule has 2 aliphatic heterocycles. The van der Waals surface area contributed by atoms with Crippen molar-refractivity contribution in [3.05, 3.63) is 0 Å². The van der Waals surface area contributed by atoms with Crippen LogP contribution in [0.2, 0.25) is 0 Å². The molecule has 2 fully saturated rings. The molecule has 0 aromatic heterocycles. The summed E-state index contributed by atoms with van der Waals surface area (Å²) in [7, 11) is 0. The third-order valence-corrected chi connectivity index (χ3v) is 2.77. The molecule has 2 heterocycles. The van der Waals surface area contributed by atoms with Crippen molar-refractivity contribution in [3.8, 4) is 0 Å². The minimum atomic E-state index is -0.712. The maximum Gasteiger partial charge on any atom is 0.249 e. The van der Waals surface area contributed by atoms with Crippen LogP contribution in [0.4, 0.5) is 0 Å². The van der Waals surface area contributed by atoms with E-state index < -0.39 is 11.9 Å². The van der Waals surface area contributed by atoms with Crippen molar-refractivity contribution in [1.82, 2.24) is 15.5 Å². The smallest absolute Gasteiger partial charge is 0.249 e. The van der Waals surface area contributed by atoms with Crippen molar-refractivity contribution in [2.75, 3.05) is 32.8 Å². The number of rotatable bonds is 3. The van der Waals surface area contributed by atoms with Gasteiger partial charge in [-0.05, 0) is 0 Å². The molecule has 0 bridgehead atoms. The average Bonchev–Trinajstić information content (AvgIpc) is 2.58. The Morgan fingerprint density at radius 1 is 1.41 bits per heavy atom. The molecule has 7 heteroatoms. The largest absolute Gasteiger partial charge is 0.379 e. The van der Waals surface area contributed by atoms with Gasteiger partial charge in [0.15, 0.2) is 0 Å². The van der Waals surface area contributed by atoms with Crippen LogP contribution in [0.25, 0.3) is 0 Å². The number of imide groups is 1. The van der Waals surface area contributed by atoms with E-state index in [1.807, 2.05) is 4.90 Å². The Hall–Kier alpha value is -1.47. The number of carbonyl (C=O) groups is 3. The zero-order chi connectivity index (χ0) is 12.3. The molecule has 1 unspecified atom stereocenters. The van der Waals surface area contributed by atoms with Gasteiger partial charge in [-0.1, -0.05) is 0 Å². The van der Waals surface area contributed by atoms with Gasteiger partial charge in [-0.2, -0.15) is 0 Å². The molecule has 0 aliphatic carbocycles. The Morgan fingerprint density at radius 2 is 2.12 bits per heavy atom. The second-order valence-electron chi connectivity index (χ2n) is 4.13. The quantitative estimate of drug-likeness (QED) is 0.550. The lowest BCUT2D eigenvalue weighted by Crippen LogP contribution is -2.47. The first-order valence-corrected chi connectivity index (χ1v) is 5.58. The molecule has 2 saturated heterocycles. The SMILES string of the molecule is O=C1CC(NC(=O)CN2CCOCC2)C(=O)N1. The molecular formula is C10H15N3O4. The van der Waals surface area contributed by atoms with E-state index in [0.717, 1.165) is 0 Å². The van der Waals surface area contributed by atoms with E-state index in [0.29, 0.717) is 26.3 Å². The summed E-state index contributed by atoms with van der Waals surface area (Å²) in [6, 6.07) is -0.712. The maximum atomic E-state index is 11.6. The summed E-state index contributed by atoms with van der Waals surface area (Å²) in [5.74, 6) is -1.00. The maximum absolute atomic E-state index is 11.6. The molecule has 94 valence electrons. The molecule has 3 amide bonds. The van der Waals surface area contributed by atoms with Crippen molar-refractivity contribution >= 4 is 17.7 Å². The second-order valence-corrected chi connectivity index (χ2v) is 4.13. The average molecular weight is 241 g/mol. The van der Waals surface area contributed by atoms with E-state index in [4.69, 9.17) is 4.74 Å².